The lowest BCUT2D eigenvalue weighted by molar-refractivity contribution is -0.929. The monoisotopic (exact) mass is 403 g/mol. The van der Waals surface area contributed by atoms with Crippen LogP contribution in [-0.4, -0.2) is 45.8 Å². The van der Waals surface area contributed by atoms with E-state index >= 15 is 0 Å². The van der Waals surface area contributed by atoms with Crippen LogP contribution in [0.4, 0.5) is 0 Å². The van der Waals surface area contributed by atoms with Gasteiger partial charge in [0.05, 0.1) is 36.9 Å². The van der Waals surface area contributed by atoms with Gasteiger partial charge in [-0.2, -0.15) is 4.68 Å². The molecule has 0 radical (unpaired) electrons. The van der Waals surface area contributed by atoms with E-state index in [9.17, 15) is 5.11 Å². The number of ether oxygens (including phenoxy) is 1. The number of rotatable bonds is 5. The largest absolute Gasteiger partial charge is 0.495 e. The molecule has 0 saturated carbocycles. The van der Waals surface area contributed by atoms with E-state index in [0.29, 0.717) is 11.4 Å². The highest BCUT2D eigenvalue weighted by Gasteiger charge is 2.23. The van der Waals surface area contributed by atoms with Crippen molar-refractivity contribution in [1.29, 1.82) is 0 Å². The molecule has 1 aromatic carbocycles. The molecule has 8 heteroatoms. The van der Waals surface area contributed by atoms with Gasteiger partial charge in [0.2, 0.25) is 4.77 Å². The smallest absolute Gasteiger partial charge is 0.207 e. The number of aliphatic hydroxyl groups excluding tert-OH is 1. The molecule has 2 aromatic heterocycles. The fourth-order valence-corrected chi connectivity index (χ4v) is 4.48. The molecule has 0 bridgehead atoms. The molecule has 1 fully saturated rings. The molecule has 1 aliphatic rings. The lowest BCUT2D eigenvalue weighted by Gasteiger charge is -2.26. The number of quaternary nitrogens is 1. The van der Waals surface area contributed by atoms with Gasteiger partial charge in [-0.25, -0.2) is 0 Å². The van der Waals surface area contributed by atoms with Gasteiger partial charge in [0, 0.05) is 12.8 Å². The number of para-hydroxylation sites is 2. The van der Waals surface area contributed by atoms with Crippen LogP contribution in [0.25, 0.3) is 16.4 Å². The summed E-state index contributed by atoms with van der Waals surface area (Å²) < 4.78 is 10.1. The minimum atomic E-state index is -0.172. The second-order valence-electron chi connectivity index (χ2n) is 6.73. The van der Waals surface area contributed by atoms with E-state index < -0.39 is 0 Å². The molecule has 4 rings (SSSR count). The zero-order valence-corrected chi connectivity index (χ0v) is 16.8. The third-order valence-electron chi connectivity index (χ3n) is 4.94. The molecule has 0 amide bonds. The lowest BCUT2D eigenvalue weighted by atomic mass is 10.1. The first kappa shape index (κ1) is 18.4. The molecule has 1 saturated heterocycles. The summed E-state index contributed by atoms with van der Waals surface area (Å²) >= 11 is 7.46. The van der Waals surface area contributed by atoms with Gasteiger partial charge in [-0.05, 0) is 35.8 Å². The molecule has 142 valence electrons. The number of aliphatic hydroxyl groups is 1. The minimum Gasteiger partial charge on any atom is -0.495 e. The van der Waals surface area contributed by atoms with Crippen LogP contribution in [0, 0.1) is 4.77 Å². The standard InChI is InChI=1S/C19H22N4O2S2/c1-25-16-6-3-2-5-15(16)23-18(17-7-4-12-27-17)20-22(19(23)26)13-21-10-8-14(24)9-11-21/h2-7,12,14,24H,8-11,13H2,1H3/p+1. The molecule has 3 heterocycles. The first-order valence-corrected chi connectivity index (χ1v) is 10.3. The van der Waals surface area contributed by atoms with E-state index in [0.717, 1.165) is 48.1 Å². The summed E-state index contributed by atoms with van der Waals surface area (Å²) in [4.78, 5) is 2.45. The van der Waals surface area contributed by atoms with Crippen molar-refractivity contribution in [3.05, 3.63) is 46.5 Å². The van der Waals surface area contributed by atoms with Crippen molar-refractivity contribution in [2.24, 2.45) is 0 Å². The van der Waals surface area contributed by atoms with Gasteiger partial charge in [-0.15, -0.1) is 16.4 Å². The van der Waals surface area contributed by atoms with Crippen LogP contribution in [0.2, 0.25) is 0 Å². The van der Waals surface area contributed by atoms with Gasteiger partial charge >= 0.3 is 0 Å². The molecular formula is C19H23N4O2S2+. The highest BCUT2D eigenvalue weighted by atomic mass is 32.1. The summed E-state index contributed by atoms with van der Waals surface area (Å²) in [7, 11) is 1.67. The highest BCUT2D eigenvalue weighted by Crippen LogP contribution is 2.30. The Morgan fingerprint density at radius 3 is 2.74 bits per heavy atom. The van der Waals surface area contributed by atoms with Gasteiger partial charge in [0.25, 0.3) is 0 Å². The number of hydrogen-bond acceptors (Lipinski definition) is 5. The third kappa shape index (κ3) is 3.70. The van der Waals surface area contributed by atoms with E-state index in [1.165, 1.54) is 4.90 Å². The first-order chi connectivity index (χ1) is 13.2. The number of piperidine rings is 1. The number of benzene rings is 1. The number of nitrogens with one attached hydrogen (secondary N) is 1. The summed E-state index contributed by atoms with van der Waals surface area (Å²) in [5.41, 5.74) is 0.892. The van der Waals surface area contributed by atoms with E-state index in [2.05, 4.69) is 6.07 Å². The quantitative estimate of drug-likeness (QED) is 0.641. The van der Waals surface area contributed by atoms with Crippen molar-refractivity contribution in [2.45, 2.75) is 25.6 Å². The average molecular weight is 404 g/mol. The van der Waals surface area contributed by atoms with Gasteiger partial charge < -0.3 is 14.7 Å². The van der Waals surface area contributed by atoms with Crippen molar-refractivity contribution in [3.8, 4) is 22.1 Å². The maximum absolute atomic E-state index is 9.75. The predicted molar refractivity (Wildman–Crippen MR) is 108 cm³/mol. The minimum absolute atomic E-state index is 0.172. The van der Waals surface area contributed by atoms with Crippen LogP contribution in [0.3, 0.4) is 0 Å². The van der Waals surface area contributed by atoms with Gasteiger partial charge in [-0.3, -0.25) is 4.57 Å². The number of nitrogens with zero attached hydrogens (tertiary/aromatic N) is 3. The Labute approximate surface area is 167 Å². The topological polar surface area (TPSA) is 56.7 Å². The van der Waals surface area contributed by atoms with Crippen LogP contribution < -0.4 is 9.64 Å². The maximum atomic E-state index is 9.75. The van der Waals surface area contributed by atoms with E-state index in [4.69, 9.17) is 22.1 Å². The van der Waals surface area contributed by atoms with Crippen molar-refractivity contribution in [3.63, 3.8) is 0 Å². The molecular weight excluding hydrogens is 380 g/mol. The number of likely N-dealkylation sites (tertiary alicyclic amines) is 1. The van der Waals surface area contributed by atoms with Crippen molar-refractivity contribution < 1.29 is 14.7 Å². The average Bonchev–Trinajstić information content (AvgIpc) is 3.32. The summed E-state index contributed by atoms with van der Waals surface area (Å²) in [5.74, 6) is 1.59. The Bertz CT molecular complexity index is 957. The molecule has 0 unspecified atom stereocenters. The number of thiophene rings is 1. The Hall–Kier alpha value is -2.00. The zero-order valence-electron chi connectivity index (χ0n) is 15.2. The molecule has 2 N–H and O–H groups in total. The van der Waals surface area contributed by atoms with Crippen molar-refractivity contribution in [2.75, 3.05) is 20.2 Å². The molecule has 0 spiro atoms. The Balaban J connectivity index is 1.78. The second kappa shape index (κ2) is 7.93. The first-order valence-electron chi connectivity index (χ1n) is 9.06. The van der Waals surface area contributed by atoms with Gasteiger partial charge in [-0.1, -0.05) is 18.2 Å². The summed E-state index contributed by atoms with van der Waals surface area (Å²) in [6.07, 6.45) is 1.48. The molecule has 3 aromatic rings. The second-order valence-corrected chi connectivity index (χ2v) is 8.04. The van der Waals surface area contributed by atoms with E-state index in [1.807, 2.05) is 45.0 Å². The van der Waals surface area contributed by atoms with Crippen LogP contribution in [0.1, 0.15) is 12.8 Å². The third-order valence-corrected chi connectivity index (χ3v) is 6.20. The molecule has 0 atom stereocenters. The summed E-state index contributed by atoms with van der Waals surface area (Å²) in [5, 5.41) is 16.7. The van der Waals surface area contributed by atoms with Crippen LogP contribution in [0.5, 0.6) is 5.75 Å². The summed E-state index contributed by atoms with van der Waals surface area (Å²) in [6, 6.07) is 11.9. The normalized spacial score (nSPS) is 19.9. The molecule has 0 aliphatic carbocycles. The summed E-state index contributed by atoms with van der Waals surface area (Å²) in [6.45, 7) is 2.56. The van der Waals surface area contributed by atoms with E-state index in [-0.39, 0.29) is 6.10 Å². The SMILES string of the molecule is COc1ccccc1-n1c(-c2cccs2)nn(C[NH+]2CCC(O)CC2)c1=S. The van der Waals surface area contributed by atoms with E-state index in [1.54, 1.807) is 18.4 Å². The number of aromatic nitrogens is 3. The number of hydrogen-bond donors (Lipinski definition) is 2. The lowest BCUT2D eigenvalue weighted by Crippen LogP contribution is -3.12. The van der Waals surface area contributed by atoms with Crippen molar-refractivity contribution in [1.82, 2.24) is 14.3 Å². The Morgan fingerprint density at radius 2 is 2.04 bits per heavy atom. The van der Waals surface area contributed by atoms with Crippen LogP contribution in [0.15, 0.2) is 41.8 Å². The fourth-order valence-electron chi connectivity index (χ4n) is 3.49. The predicted octanol–water partition coefficient (Wildman–Crippen LogP) is 2.14. The van der Waals surface area contributed by atoms with Crippen molar-refractivity contribution >= 4 is 23.6 Å². The molecule has 27 heavy (non-hydrogen) atoms. The van der Waals surface area contributed by atoms with Gasteiger partial charge in [0.1, 0.15) is 5.75 Å². The number of methoxy groups -OCH3 is 1. The fraction of sp³-hybridized carbons (Fsp3) is 0.368. The Kier molecular flexibility index (Phi) is 5.40. The van der Waals surface area contributed by atoms with Crippen LogP contribution >= 0.6 is 23.6 Å². The zero-order chi connectivity index (χ0) is 18.8. The highest BCUT2D eigenvalue weighted by molar-refractivity contribution is 7.71. The van der Waals surface area contributed by atoms with Gasteiger partial charge in [0.15, 0.2) is 12.5 Å². The molecule has 1 aliphatic heterocycles. The molecule has 6 nitrogen and oxygen atoms in total. The Morgan fingerprint density at radius 1 is 1.26 bits per heavy atom. The maximum Gasteiger partial charge on any atom is 0.207 e. The van der Waals surface area contributed by atoms with Crippen LogP contribution in [-0.2, 0) is 6.67 Å².